The summed E-state index contributed by atoms with van der Waals surface area (Å²) in [5, 5.41) is 34.8. The van der Waals surface area contributed by atoms with Crippen LogP contribution in [-0.4, -0.2) is 54.8 Å². The lowest BCUT2D eigenvalue weighted by Gasteiger charge is -2.40. The first-order chi connectivity index (χ1) is 18.8. The van der Waals surface area contributed by atoms with Crippen LogP contribution in [0, 0.1) is 5.92 Å². The summed E-state index contributed by atoms with van der Waals surface area (Å²) < 4.78 is 23.7. The summed E-state index contributed by atoms with van der Waals surface area (Å²) in [5.74, 6) is -2.14. The standard InChI is InChI=1S/C30H33NO8/c1-36-20-12-10-19(11-13-20)30-25(18-8-4-3-5-9-18)24(28(33)34)27(32)29(30,35)26-22(37-2)16-21(17-23(26)39-30)38-15-7-6-14-31/h3-5,8-13,16-17,24-25,27,32,35H,6-7,14-15,31H2,1-2H3,(H,33,34). The Bertz CT molecular complexity index is 1330. The van der Waals surface area contributed by atoms with E-state index in [1.54, 1.807) is 60.7 Å². The van der Waals surface area contributed by atoms with Crippen molar-refractivity contribution in [3.05, 3.63) is 83.4 Å². The van der Waals surface area contributed by atoms with Gasteiger partial charge < -0.3 is 40.0 Å². The third kappa shape index (κ3) is 4.00. The molecule has 1 heterocycles. The predicted octanol–water partition coefficient (Wildman–Crippen LogP) is 3.16. The second kappa shape index (κ2) is 10.4. The van der Waals surface area contributed by atoms with Crippen LogP contribution >= 0.6 is 0 Å². The largest absolute Gasteiger partial charge is 0.497 e. The Balaban J connectivity index is 1.76. The summed E-state index contributed by atoms with van der Waals surface area (Å²) >= 11 is 0. The molecule has 5 N–H and O–H groups in total. The van der Waals surface area contributed by atoms with E-state index in [-0.39, 0.29) is 17.1 Å². The topological polar surface area (TPSA) is 141 Å². The van der Waals surface area contributed by atoms with Gasteiger partial charge in [0.05, 0.1) is 32.3 Å². The van der Waals surface area contributed by atoms with Gasteiger partial charge in [-0.05, 0) is 42.6 Å². The number of rotatable bonds is 10. The molecule has 5 rings (SSSR count). The van der Waals surface area contributed by atoms with E-state index in [1.807, 2.05) is 6.07 Å². The maximum Gasteiger partial charge on any atom is 0.310 e. The Morgan fingerprint density at radius 1 is 1.00 bits per heavy atom. The van der Waals surface area contributed by atoms with Crippen molar-refractivity contribution < 1.29 is 39.1 Å². The number of methoxy groups -OCH3 is 2. The predicted molar refractivity (Wildman–Crippen MR) is 142 cm³/mol. The third-order valence-electron chi connectivity index (χ3n) is 7.87. The highest BCUT2D eigenvalue weighted by Gasteiger charge is 2.78. The van der Waals surface area contributed by atoms with Crippen LogP contribution in [0.25, 0.3) is 0 Å². The Kier molecular flexibility index (Phi) is 7.15. The summed E-state index contributed by atoms with van der Waals surface area (Å²) in [4.78, 5) is 12.7. The molecule has 5 unspecified atom stereocenters. The molecule has 9 heteroatoms. The van der Waals surface area contributed by atoms with Gasteiger partial charge in [0.2, 0.25) is 0 Å². The van der Waals surface area contributed by atoms with Gasteiger partial charge in [-0.25, -0.2) is 0 Å². The molecule has 3 aromatic rings. The summed E-state index contributed by atoms with van der Waals surface area (Å²) in [6.45, 7) is 0.976. The molecule has 206 valence electrons. The van der Waals surface area contributed by atoms with E-state index >= 15 is 0 Å². The minimum atomic E-state index is -2.19. The van der Waals surface area contributed by atoms with Gasteiger partial charge in [0.15, 0.2) is 11.2 Å². The number of hydrogen-bond donors (Lipinski definition) is 4. The number of hydrogen-bond acceptors (Lipinski definition) is 8. The number of carbonyl (C=O) groups is 1. The summed E-state index contributed by atoms with van der Waals surface area (Å²) in [7, 11) is 2.98. The van der Waals surface area contributed by atoms with Gasteiger partial charge in [0.25, 0.3) is 0 Å². The van der Waals surface area contributed by atoms with Crippen molar-refractivity contribution in [3.63, 3.8) is 0 Å². The van der Waals surface area contributed by atoms with Crippen LogP contribution in [0.2, 0.25) is 0 Å². The van der Waals surface area contributed by atoms with Crippen LogP contribution in [0.4, 0.5) is 0 Å². The number of carboxylic acid groups (broad SMARTS) is 1. The molecule has 3 aromatic carbocycles. The molecular formula is C30H33NO8. The van der Waals surface area contributed by atoms with Gasteiger partial charge in [-0.15, -0.1) is 0 Å². The van der Waals surface area contributed by atoms with Crippen molar-refractivity contribution in [2.75, 3.05) is 27.4 Å². The van der Waals surface area contributed by atoms with E-state index in [4.69, 9.17) is 24.7 Å². The number of aliphatic carboxylic acids is 1. The number of unbranched alkanes of at least 4 members (excludes halogenated alkanes) is 1. The normalized spacial score (nSPS) is 26.8. The zero-order valence-corrected chi connectivity index (χ0v) is 21.9. The van der Waals surface area contributed by atoms with Crippen molar-refractivity contribution in [2.45, 2.75) is 36.1 Å². The first kappa shape index (κ1) is 26.8. The minimum Gasteiger partial charge on any atom is -0.497 e. The smallest absolute Gasteiger partial charge is 0.310 e. The van der Waals surface area contributed by atoms with Crippen LogP contribution in [0.15, 0.2) is 66.7 Å². The molecular weight excluding hydrogens is 502 g/mol. The highest BCUT2D eigenvalue weighted by atomic mass is 16.5. The fourth-order valence-electron chi connectivity index (χ4n) is 6.18. The van der Waals surface area contributed by atoms with Crippen molar-refractivity contribution >= 4 is 5.97 Å². The second-order valence-corrected chi connectivity index (χ2v) is 9.87. The summed E-state index contributed by atoms with van der Waals surface area (Å²) in [6, 6.07) is 19.1. The number of aliphatic hydroxyl groups is 2. The molecule has 1 saturated carbocycles. The second-order valence-electron chi connectivity index (χ2n) is 9.87. The quantitative estimate of drug-likeness (QED) is 0.288. The molecule has 0 amide bonds. The molecule has 2 aliphatic rings. The minimum absolute atomic E-state index is 0.173. The van der Waals surface area contributed by atoms with E-state index in [0.29, 0.717) is 35.8 Å². The van der Waals surface area contributed by atoms with E-state index < -0.39 is 35.1 Å². The van der Waals surface area contributed by atoms with Gasteiger partial charge >= 0.3 is 5.97 Å². The zero-order valence-electron chi connectivity index (χ0n) is 21.9. The Labute approximate surface area is 226 Å². The lowest BCUT2D eigenvalue weighted by atomic mass is 9.70. The van der Waals surface area contributed by atoms with Crippen LogP contribution in [-0.2, 0) is 16.0 Å². The molecule has 1 aliphatic carbocycles. The molecule has 39 heavy (non-hydrogen) atoms. The first-order valence-electron chi connectivity index (χ1n) is 12.9. The number of benzene rings is 3. The molecule has 0 radical (unpaired) electrons. The van der Waals surface area contributed by atoms with E-state index in [1.165, 1.54) is 14.2 Å². The van der Waals surface area contributed by atoms with E-state index in [0.717, 1.165) is 12.8 Å². The van der Waals surface area contributed by atoms with E-state index in [2.05, 4.69) is 0 Å². The van der Waals surface area contributed by atoms with Crippen LogP contribution in [0.3, 0.4) is 0 Å². The van der Waals surface area contributed by atoms with Crippen molar-refractivity contribution in [2.24, 2.45) is 11.7 Å². The Morgan fingerprint density at radius 3 is 2.33 bits per heavy atom. The number of fused-ring (bicyclic) bond motifs is 3. The summed E-state index contributed by atoms with van der Waals surface area (Å²) in [6.07, 6.45) is -0.180. The fraction of sp³-hybridized carbons (Fsp3) is 0.367. The monoisotopic (exact) mass is 535 g/mol. The van der Waals surface area contributed by atoms with Crippen LogP contribution in [0.1, 0.15) is 35.4 Å². The molecule has 0 aromatic heterocycles. The maximum absolute atomic E-state index is 12.7. The number of ether oxygens (including phenoxy) is 4. The Hall–Kier alpha value is -3.79. The average Bonchev–Trinajstić information content (AvgIpc) is 3.33. The SMILES string of the molecule is COc1ccc(C23Oc4cc(OCCCCN)cc(OC)c4C2(O)C(O)C(C(=O)O)C3c2ccccc2)cc1. The molecule has 9 nitrogen and oxygen atoms in total. The molecule has 0 bridgehead atoms. The lowest BCUT2D eigenvalue weighted by Crippen LogP contribution is -2.52. The third-order valence-corrected chi connectivity index (χ3v) is 7.87. The van der Waals surface area contributed by atoms with Crippen LogP contribution in [0.5, 0.6) is 23.0 Å². The zero-order chi connectivity index (χ0) is 27.8. The Morgan fingerprint density at radius 2 is 1.72 bits per heavy atom. The molecule has 0 spiro atoms. The van der Waals surface area contributed by atoms with Crippen molar-refractivity contribution in [1.29, 1.82) is 0 Å². The first-order valence-corrected chi connectivity index (χ1v) is 12.9. The van der Waals surface area contributed by atoms with E-state index in [9.17, 15) is 20.1 Å². The highest BCUT2D eigenvalue weighted by Crippen LogP contribution is 2.70. The lowest BCUT2D eigenvalue weighted by molar-refractivity contribution is -0.159. The summed E-state index contributed by atoms with van der Waals surface area (Å²) in [5.41, 5.74) is 2.93. The number of nitrogens with two attached hydrogens (primary N) is 1. The van der Waals surface area contributed by atoms with Gasteiger partial charge in [-0.1, -0.05) is 42.5 Å². The van der Waals surface area contributed by atoms with Gasteiger partial charge in [-0.2, -0.15) is 0 Å². The van der Waals surface area contributed by atoms with Crippen LogP contribution < -0.4 is 24.7 Å². The van der Waals surface area contributed by atoms with Gasteiger partial charge in [0.1, 0.15) is 29.1 Å². The fourth-order valence-corrected chi connectivity index (χ4v) is 6.18. The average molecular weight is 536 g/mol. The van der Waals surface area contributed by atoms with Gasteiger partial charge in [-0.3, -0.25) is 4.79 Å². The molecule has 1 aliphatic heterocycles. The van der Waals surface area contributed by atoms with Crippen molar-refractivity contribution in [1.82, 2.24) is 0 Å². The van der Waals surface area contributed by atoms with Crippen molar-refractivity contribution in [3.8, 4) is 23.0 Å². The number of carboxylic acids is 1. The van der Waals surface area contributed by atoms with Gasteiger partial charge in [0, 0.05) is 18.1 Å². The number of aliphatic hydroxyl groups excluding tert-OH is 1. The molecule has 1 fully saturated rings. The maximum atomic E-state index is 12.7. The molecule has 5 atom stereocenters. The highest BCUT2D eigenvalue weighted by molar-refractivity contribution is 5.77. The molecule has 0 saturated heterocycles.